The maximum atomic E-state index is 4.12. The van der Waals surface area contributed by atoms with Gasteiger partial charge in [0.05, 0.1) is 0 Å². The van der Waals surface area contributed by atoms with Gasteiger partial charge in [-0.05, 0) is 13.3 Å². The van der Waals surface area contributed by atoms with Crippen molar-refractivity contribution in [1.29, 1.82) is 0 Å². The lowest BCUT2D eigenvalue weighted by molar-refractivity contribution is 0.581. The Morgan fingerprint density at radius 2 is 2.67 bits per heavy atom. The van der Waals surface area contributed by atoms with Crippen LogP contribution in [0.25, 0.3) is 0 Å². The smallest absolute Gasteiger partial charge is 0.201 e. The van der Waals surface area contributed by atoms with Gasteiger partial charge in [-0.3, -0.25) is 4.99 Å². The predicted molar refractivity (Wildman–Crippen MR) is 41.6 cm³/mol. The summed E-state index contributed by atoms with van der Waals surface area (Å²) in [6.07, 6.45) is 1.11. The lowest BCUT2D eigenvalue weighted by Crippen LogP contribution is -2.42. The highest BCUT2D eigenvalue weighted by atomic mass is 32.1. The zero-order chi connectivity index (χ0) is 6.69. The second-order valence-electron chi connectivity index (χ2n) is 2.18. The Morgan fingerprint density at radius 1 is 1.89 bits per heavy atom. The van der Waals surface area contributed by atoms with E-state index in [0.717, 1.165) is 18.9 Å². The number of aliphatic imine (C=N–C) groups is 1. The number of thiol groups is 1. The van der Waals surface area contributed by atoms with Gasteiger partial charge < -0.3 is 10.0 Å². The highest BCUT2D eigenvalue weighted by Crippen LogP contribution is 1.96. The van der Waals surface area contributed by atoms with E-state index in [-0.39, 0.29) is 0 Å². The van der Waals surface area contributed by atoms with Crippen LogP contribution in [-0.2, 0) is 0 Å². The van der Waals surface area contributed by atoms with E-state index >= 15 is 0 Å². The summed E-state index contributed by atoms with van der Waals surface area (Å²) in [6, 6.07) is 0.525. The first-order valence-corrected chi connectivity index (χ1v) is 3.48. The molecule has 0 aromatic heterocycles. The molecule has 0 aliphatic carbocycles. The zero-order valence-corrected chi connectivity index (χ0v) is 6.28. The molecule has 0 fully saturated rings. The second kappa shape index (κ2) is 2.96. The molecule has 0 aromatic carbocycles. The van der Waals surface area contributed by atoms with E-state index in [1.54, 1.807) is 0 Å². The monoisotopic (exact) mass is 145 g/mol. The summed E-state index contributed by atoms with van der Waals surface area (Å²) < 4.78 is 2.67. The molecule has 0 saturated carbocycles. The molecule has 0 aromatic rings. The third-order valence-corrected chi connectivity index (χ3v) is 1.53. The van der Waals surface area contributed by atoms with Crippen LogP contribution in [0.3, 0.4) is 0 Å². The van der Waals surface area contributed by atoms with Crippen molar-refractivity contribution < 1.29 is 0 Å². The first-order valence-electron chi connectivity index (χ1n) is 3.04. The average molecular weight is 145 g/mol. The van der Waals surface area contributed by atoms with Crippen LogP contribution in [0.2, 0.25) is 0 Å². The minimum absolute atomic E-state index is 0.525. The van der Waals surface area contributed by atoms with E-state index in [0.29, 0.717) is 6.04 Å². The molecule has 0 saturated heterocycles. The van der Waals surface area contributed by atoms with Crippen molar-refractivity contribution >= 4 is 18.8 Å². The zero-order valence-electron chi connectivity index (χ0n) is 5.39. The number of nitrogens with one attached hydrogen (secondary N) is 2. The Morgan fingerprint density at radius 3 is 3.11 bits per heavy atom. The van der Waals surface area contributed by atoms with Crippen molar-refractivity contribution in [2.45, 2.75) is 19.4 Å². The van der Waals surface area contributed by atoms with E-state index in [1.165, 1.54) is 0 Å². The molecule has 0 bridgehead atoms. The fourth-order valence-electron chi connectivity index (χ4n) is 0.789. The summed E-state index contributed by atoms with van der Waals surface area (Å²) in [5.41, 5.74) is 0. The van der Waals surface area contributed by atoms with E-state index in [4.69, 9.17) is 0 Å². The van der Waals surface area contributed by atoms with Gasteiger partial charge in [0, 0.05) is 12.6 Å². The van der Waals surface area contributed by atoms with Gasteiger partial charge in [0.2, 0.25) is 5.96 Å². The summed E-state index contributed by atoms with van der Waals surface area (Å²) in [4.78, 5) is 4.12. The van der Waals surface area contributed by atoms with Crippen LogP contribution in [0.15, 0.2) is 4.99 Å². The molecule has 2 N–H and O–H groups in total. The topological polar surface area (TPSA) is 36.4 Å². The SMILES string of the molecule is CC1CCN=C(NS)N1. The first kappa shape index (κ1) is 6.74. The van der Waals surface area contributed by atoms with Crippen LogP contribution in [0.5, 0.6) is 0 Å². The Bertz CT molecular complexity index is 123. The second-order valence-corrected chi connectivity index (χ2v) is 2.40. The first-order chi connectivity index (χ1) is 4.33. The lowest BCUT2D eigenvalue weighted by atomic mass is 10.2. The molecule has 0 amide bonds. The largest absolute Gasteiger partial charge is 0.353 e. The van der Waals surface area contributed by atoms with Crippen molar-refractivity contribution in [3.63, 3.8) is 0 Å². The lowest BCUT2D eigenvalue weighted by Gasteiger charge is -2.19. The van der Waals surface area contributed by atoms with Gasteiger partial charge in [-0.2, -0.15) is 0 Å². The fraction of sp³-hybridized carbons (Fsp3) is 0.800. The Kier molecular flexibility index (Phi) is 2.22. The standard InChI is InChI=1S/C5H11N3S/c1-4-2-3-6-5(7-4)8-9/h4,9H,2-3H2,1H3,(H2,6,7,8). The molecular weight excluding hydrogens is 134 g/mol. The van der Waals surface area contributed by atoms with Crippen molar-refractivity contribution in [2.75, 3.05) is 6.54 Å². The average Bonchev–Trinajstić information content (AvgIpc) is 1.88. The number of hydrogen-bond acceptors (Lipinski definition) is 4. The highest BCUT2D eigenvalue weighted by molar-refractivity contribution is 7.78. The third kappa shape index (κ3) is 1.78. The highest BCUT2D eigenvalue weighted by Gasteiger charge is 2.07. The summed E-state index contributed by atoms with van der Waals surface area (Å²) in [5.74, 6) is 0.789. The molecule has 1 aliphatic heterocycles. The quantitative estimate of drug-likeness (QED) is 0.425. The Hall–Kier alpha value is -0.380. The summed E-state index contributed by atoms with van der Waals surface area (Å²) >= 11 is 3.86. The van der Waals surface area contributed by atoms with Crippen LogP contribution < -0.4 is 10.0 Å². The van der Waals surface area contributed by atoms with E-state index < -0.39 is 0 Å². The molecular formula is C5H11N3S. The Balaban J connectivity index is 2.43. The molecule has 1 atom stereocenters. The van der Waals surface area contributed by atoms with Gasteiger partial charge in [-0.15, -0.1) is 0 Å². The van der Waals surface area contributed by atoms with Gasteiger partial charge >= 0.3 is 0 Å². The van der Waals surface area contributed by atoms with Crippen molar-refractivity contribution in [3.8, 4) is 0 Å². The summed E-state index contributed by atoms with van der Waals surface area (Å²) in [6.45, 7) is 3.02. The van der Waals surface area contributed by atoms with Crippen molar-refractivity contribution in [2.24, 2.45) is 4.99 Å². The molecule has 1 aliphatic rings. The van der Waals surface area contributed by atoms with Crippen LogP contribution in [0, 0.1) is 0 Å². The van der Waals surface area contributed by atoms with Crippen LogP contribution >= 0.6 is 12.8 Å². The van der Waals surface area contributed by atoms with Crippen LogP contribution in [-0.4, -0.2) is 18.5 Å². The van der Waals surface area contributed by atoms with Crippen molar-refractivity contribution in [3.05, 3.63) is 0 Å². The maximum absolute atomic E-state index is 4.12. The molecule has 4 heteroatoms. The van der Waals surface area contributed by atoms with E-state index in [9.17, 15) is 0 Å². The fourth-order valence-corrected chi connectivity index (χ4v) is 0.924. The maximum Gasteiger partial charge on any atom is 0.201 e. The molecule has 9 heavy (non-hydrogen) atoms. The van der Waals surface area contributed by atoms with Gasteiger partial charge in [0.25, 0.3) is 0 Å². The minimum atomic E-state index is 0.525. The van der Waals surface area contributed by atoms with Gasteiger partial charge in [0.15, 0.2) is 0 Å². The molecule has 1 unspecified atom stereocenters. The van der Waals surface area contributed by atoms with Gasteiger partial charge in [-0.25, -0.2) is 0 Å². The molecule has 52 valence electrons. The summed E-state index contributed by atoms with van der Waals surface area (Å²) in [5, 5.41) is 3.13. The molecule has 1 rings (SSSR count). The van der Waals surface area contributed by atoms with E-state index in [2.05, 4.69) is 34.8 Å². The normalized spacial score (nSPS) is 26.4. The number of rotatable bonds is 0. The summed E-state index contributed by atoms with van der Waals surface area (Å²) in [7, 11) is 0. The number of guanidine groups is 1. The molecule has 0 radical (unpaired) electrons. The molecule has 3 nitrogen and oxygen atoms in total. The predicted octanol–water partition coefficient (Wildman–Crippen LogP) is 0.159. The Labute approximate surface area is 60.5 Å². The van der Waals surface area contributed by atoms with Gasteiger partial charge in [-0.1, -0.05) is 12.8 Å². The number of nitrogens with zero attached hydrogens (tertiary/aromatic N) is 1. The van der Waals surface area contributed by atoms with Crippen LogP contribution in [0.1, 0.15) is 13.3 Å². The van der Waals surface area contributed by atoms with Crippen molar-refractivity contribution in [1.82, 2.24) is 10.0 Å². The number of hydrogen-bond donors (Lipinski definition) is 3. The van der Waals surface area contributed by atoms with Crippen LogP contribution in [0.4, 0.5) is 0 Å². The third-order valence-electron chi connectivity index (χ3n) is 1.32. The van der Waals surface area contributed by atoms with E-state index in [1.807, 2.05) is 0 Å². The molecule has 1 heterocycles. The minimum Gasteiger partial charge on any atom is -0.353 e. The van der Waals surface area contributed by atoms with Gasteiger partial charge in [0.1, 0.15) is 0 Å². The molecule has 0 spiro atoms.